The Morgan fingerprint density at radius 2 is 1.63 bits per heavy atom. The number of imidazole rings is 1. The van der Waals surface area contributed by atoms with Gasteiger partial charge in [-0.15, -0.1) is 0 Å². The van der Waals surface area contributed by atoms with Crippen molar-refractivity contribution in [3.05, 3.63) is 88.7 Å². The molecular weight excluding hydrogens is 422 g/mol. The van der Waals surface area contributed by atoms with Crippen LogP contribution in [0.15, 0.2) is 72.0 Å². The summed E-state index contributed by atoms with van der Waals surface area (Å²) in [6.45, 7) is 0. The van der Waals surface area contributed by atoms with Gasteiger partial charge in [-0.25, -0.2) is 9.97 Å². The highest BCUT2D eigenvalue weighted by Crippen LogP contribution is 2.23. The average molecular weight is 438 g/mol. The maximum atomic E-state index is 12.2. The smallest absolute Gasteiger partial charge is 0.271 e. The van der Waals surface area contributed by atoms with Gasteiger partial charge in [-0.2, -0.15) is 0 Å². The number of carbonyl (C=O) groups excluding carboxylic acids is 2. The molecule has 0 saturated heterocycles. The highest BCUT2D eigenvalue weighted by atomic mass is 35.5. The SMILES string of the molecule is O=C(NNC(=O)c1ccc(Cl)nc1)c1ccc(CSc2nc3ccccc3[nH]2)cc1. The molecule has 0 atom stereocenters. The molecule has 0 unspecified atom stereocenters. The minimum Gasteiger partial charge on any atom is -0.333 e. The second kappa shape index (κ2) is 8.98. The number of aromatic amines is 1. The van der Waals surface area contributed by atoms with Gasteiger partial charge in [0.2, 0.25) is 0 Å². The lowest BCUT2D eigenvalue weighted by Gasteiger charge is -2.08. The van der Waals surface area contributed by atoms with Crippen molar-refractivity contribution in [2.24, 2.45) is 0 Å². The average Bonchev–Trinajstić information content (AvgIpc) is 3.20. The van der Waals surface area contributed by atoms with Crippen molar-refractivity contribution in [3.8, 4) is 0 Å². The molecule has 0 spiro atoms. The first kappa shape index (κ1) is 19.9. The summed E-state index contributed by atoms with van der Waals surface area (Å²) in [6, 6.07) is 18.0. The first-order valence-corrected chi connectivity index (χ1v) is 10.3. The van der Waals surface area contributed by atoms with Crippen molar-refractivity contribution >= 4 is 46.2 Å². The number of para-hydroxylation sites is 2. The highest BCUT2D eigenvalue weighted by Gasteiger charge is 2.10. The normalized spacial score (nSPS) is 10.7. The van der Waals surface area contributed by atoms with E-state index in [1.165, 1.54) is 18.3 Å². The Labute approximate surface area is 181 Å². The second-order valence-corrected chi connectivity index (χ2v) is 7.67. The minimum atomic E-state index is -0.480. The molecule has 0 bridgehead atoms. The van der Waals surface area contributed by atoms with E-state index in [2.05, 4.69) is 25.8 Å². The number of nitrogens with one attached hydrogen (secondary N) is 3. The van der Waals surface area contributed by atoms with Gasteiger partial charge in [-0.05, 0) is 42.0 Å². The Bertz CT molecular complexity index is 1160. The summed E-state index contributed by atoms with van der Waals surface area (Å²) in [5.74, 6) is -0.185. The predicted octanol–water partition coefficient (Wildman–Crippen LogP) is 3.98. The minimum absolute atomic E-state index is 0.286. The summed E-state index contributed by atoms with van der Waals surface area (Å²) in [6.07, 6.45) is 1.33. The maximum Gasteiger partial charge on any atom is 0.271 e. The number of aromatic nitrogens is 3. The summed E-state index contributed by atoms with van der Waals surface area (Å²) in [4.78, 5) is 35.9. The molecule has 0 fully saturated rings. The molecule has 2 aromatic heterocycles. The molecule has 7 nitrogen and oxygen atoms in total. The van der Waals surface area contributed by atoms with E-state index in [1.54, 1.807) is 23.9 Å². The fraction of sp³-hybridized carbons (Fsp3) is 0.0476. The zero-order chi connectivity index (χ0) is 20.9. The number of hydrogen-bond donors (Lipinski definition) is 3. The Balaban J connectivity index is 1.30. The number of rotatable bonds is 5. The quantitative estimate of drug-likeness (QED) is 0.249. The number of amides is 2. The van der Waals surface area contributed by atoms with E-state index in [1.807, 2.05) is 36.4 Å². The number of hydrogen-bond acceptors (Lipinski definition) is 5. The number of thioether (sulfide) groups is 1. The fourth-order valence-corrected chi connectivity index (χ4v) is 3.62. The predicted molar refractivity (Wildman–Crippen MR) is 116 cm³/mol. The third-order valence-corrected chi connectivity index (χ3v) is 5.41. The zero-order valence-electron chi connectivity index (χ0n) is 15.6. The van der Waals surface area contributed by atoms with Gasteiger partial charge in [0.1, 0.15) is 5.15 Å². The van der Waals surface area contributed by atoms with E-state index in [0.717, 1.165) is 21.8 Å². The molecule has 0 aliphatic heterocycles. The maximum absolute atomic E-state index is 12.2. The molecular formula is C21H16ClN5O2S. The fourth-order valence-electron chi connectivity index (χ4n) is 2.67. The van der Waals surface area contributed by atoms with E-state index in [9.17, 15) is 9.59 Å². The number of benzene rings is 2. The van der Waals surface area contributed by atoms with Gasteiger partial charge in [-0.3, -0.25) is 20.4 Å². The van der Waals surface area contributed by atoms with Gasteiger partial charge in [0.25, 0.3) is 11.8 Å². The van der Waals surface area contributed by atoms with Crippen molar-refractivity contribution < 1.29 is 9.59 Å². The molecule has 2 amide bonds. The highest BCUT2D eigenvalue weighted by molar-refractivity contribution is 7.98. The Hall–Kier alpha value is -3.36. The topological polar surface area (TPSA) is 99.8 Å². The van der Waals surface area contributed by atoms with Crippen LogP contribution in [0.25, 0.3) is 11.0 Å². The molecule has 3 N–H and O–H groups in total. The van der Waals surface area contributed by atoms with Crippen molar-refractivity contribution in [2.75, 3.05) is 0 Å². The lowest BCUT2D eigenvalue weighted by atomic mass is 10.1. The first-order chi connectivity index (χ1) is 14.6. The molecule has 9 heteroatoms. The van der Waals surface area contributed by atoms with Crippen LogP contribution in [0.4, 0.5) is 0 Å². The molecule has 4 rings (SSSR count). The van der Waals surface area contributed by atoms with Crippen molar-refractivity contribution in [1.29, 1.82) is 0 Å². The molecule has 0 aliphatic rings. The van der Waals surface area contributed by atoms with E-state index in [-0.39, 0.29) is 10.7 Å². The number of nitrogens with zero attached hydrogens (tertiary/aromatic N) is 2. The lowest BCUT2D eigenvalue weighted by molar-refractivity contribution is 0.0846. The Morgan fingerprint density at radius 3 is 2.33 bits per heavy atom. The first-order valence-electron chi connectivity index (χ1n) is 8.97. The van der Waals surface area contributed by atoms with Gasteiger partial charge in [0.05, 0.1) is 16.6 Å². The number of hydrazine groups is 1. The second-order valence-electron chi connectivity index (χ2n) is 6.32. The summed E-state index contributed by atoms with van der Waals surface area (Å²) >= 11 is 7.28. The number of H-pyrrole nitrogens is 1. The van der Waals surface area contributed by atoms with Crippen LogP contribution in [0, 0.1) is 0 Å². The van der Waals surface area contributed by atoms with Crippen LogP contribution in [0.3, 0.4) is 0 Å². The van der Waals surface area contributed by atoms with E-state index in [0.29, 0.717) is 11.3 Å². The van der Waals surface area contributed by atoms with E-state index in [4.69, 9.17) is 11.6 Å². The molecule has 4 aromatic rings. The van der Waals surface area contributed by atoms with Crippen LogP contribution >= 0.6 is 23.4 Å². The van der Waals surface area contributed by atoms with Crippen LogP contribution in [0.5, 0.6) is 0 Å². The summed E-state index contributed by atoms with van der Waals surface area (Å²) in [5.41, 5.74) is 8.45. The number of fused-ring (bicyclic) bond motifs is 1. The third-order valence-electron chi connectivity index (χ3n) is 4.24. The van der Waals surface area contributed by atoms with Crippen molar-refractivity contribution in [1.82, 2.24) is 25.8 Å². The van der Waals surface area contributed by atoms with Gasteiger partial charge in [-0.1, -0.05) is 47.6 Å². The van der Waals surface area contributed by atoms with E-state index < -0.39 is 11.8 Å². The molecule has 30 heavy (non-hydrogen) atoms. The van der Waals surface area contributed by atoms with Gasteiger partial charge in [0.15, 0.2) is 5.16 Å². The number of halogens is 1. The number of carbonyl (C=O) groups is 2. The van der Waals surface area contributed by atoms with Crippen LogP contribution in [-0.2, 0) is 5.75 Å². The standard InChI is InChI=1S/C21H16ClN5O2S/c22-18-10-9-15(11-23-18)20(29)27-26-19(28)14-7-5-13(6-8-14)12-30-21-24-16-3-1-2-4-17(16)25-21/h1-11H,12H2,(H,24,25)(H,26,28)(H,27,29). The van der Waals surface area contributed by atoms with Crippen LogP contribution in [0.2, 0.25) is 5.15 Å². The summed E-state index contributed by atoms with van der Waals surface area (Å²) < 4.78 is 0. The molecule has 0 saturated carbocycles. The Morgan fingerprint density at radius 1 is 0.933 bits per heavy atom. The largest absolute Gasteiger partial charge is 0.333 e. The lowest BCUT2D eigenvalue weighted by Crippen LogP contribution is -2.41. The summed E-state index contributed by atoms with van der Waals surface area (Å²) in [5, 5.41) is 1.13. The third kappa shape index (κ3) is 4.79. The molecule has 150 valence electrons. The van der Waals surface area contributed by atoms with Crippen LogP contribution < -0.4 is 10.9 Å². The van der Waals surface area contributed by atoms with Crippen LogP contribution in [0.1, 0.15) is 26.3 Å². The molecule has 2 heterocycles. The monoisotopic (exact) mass is 437 g/mol. The Kier molecular flexibility index (Phi) is 5.97. The van der Waals surface area contributed by atoms with Gasteiger partial charge < -0.3 is 4.98 Å². The van der Waals surface area contributed by atoms with Crippen molar-refractivity contribution in [3.63, 3.8) is 0 Å². The van der Waals surface area contributed by atoms with E-state index >= 15 is 0 Å². The van der Waals surface area contributed by atoms with Gasteiger partial charge >= 0.3 is 0 Å². The molecule has 0 aliphatic carbocycles. The molecule has 0 radical (unpaired) electrons. The van der Waals surface area contributed by atoms with Gasteiger partial charge in [0, 0.05) is 17.5 Å². The summed E-state index contributed by atoms with van der Waals surface area (Å²) in [7, 11) is 0. The number of pyridine rings is 1. The zero-order valence-corrected chi connectivity index (χ0v) is 17.1. The van der Waals surface area contributed by atoms with Crippen molar-refractivity contribution in [2.45, 2.75) is 10.9 Å². The molecule has 2 aromatic carbocycles. The van der Waals surface area contributed by atoms with Crippen LogP contribution in [-0.4, -0.2) is 26.8 Å².